The lowest BCUT2D eigenvalue weighted by Crippen LogP contribution is -2.64. The van der Waals surface area contributed by atoms with Crippen LogP contribution in [0.1, 0.15) is 99.3 Å². The van der Waals surface area contributed by atoms with Gasteiger partial charge in [0, 0.05) is 26.8 Å². The molecule has 2 amide bonds. The van der Waals surface area contributed by atoms with Gasteiger partial charge in [-0.25, -0.2) is 4.79 Å². The van der Waals surface area contributed by atoms with Crippen molar-refractivity contribution in [1.29, 1.82) is 0 Å². The van der Waals surface area contributed by atoms with Crippen molar-refractivity contribution < 1.29 is 14.3 Å². The molecule has 1 aromatic rings. The van der Waals surface area contributed by atoms with Crippen molar-refractivity contribution in [2.24, 2.45) is 52.9 Å². The van der Waals surface area contributed by atoms with Crippen LogP contribution in [0.15, 0.2) is 23.5 Å². The average molecular weight is 565 g/mol. The van der Waals surface area contributed by atoms with E-state index in [1.165, 1.54) is 31.3 Å². The van der Waals surface area contributed by atoms with E-state index in [9.17, 15) is 9.59 Å². The molecule has 7 nitrogen and oxygen atoms in total. The van der Waals surface area contributed by atoms with Crippen LogP contribution in [0.5, 0.6) is 0 Å². The first-order valence-corrected chi connectivity index (χ1v) is 16.1. The highest BCUT2D eigenvalue weighted by molar-refractivity contribution is 6.02. The molecule has 0 saturated heterocycles. The van der Waals surface area contributed by atoms with Gasteiger partial charge >= 0.3 is 6.03 Å². The van der Waals surface area contributed by atoms with E-state index in [2.05, 4.69) is 57.3 Å². The van der Waals surface area contributed by atoms with Gasteiger partial charge in [0.2, 0.25) is 0 Å². The van der Waals surface area contributed by atoms with Crippen molar-refractivity contribution >= 4 is 17.5 Å². The van der Waals surface area contributed by atoms with Gasteiger partial charge < -0.3 is 15.4 Å². The third-order valence-electron chi connectivity index (χ3n) is 13.1. The summed E-state index contributed by atoms with van der Waals surface area (Å²) in [5.74, 6) is 2.65. The van der Waals surface area contributed by atoms with Crippen LogP contribution in [0, 0.1) is 45.8 Å². The summed E-state index contributed by atoms with van der Waals surface area (Å²) in [6.07, 6.45) is 13.3. The van der Waals surface area contributed by atoms with Crippen molar-refractivity contribution in [2.45, 2.75) is 111 Å². The molecule has 1 aromatic heterocycles. The zero-order valence-electron chi connectivity index (χ0n) is 26.6. The van der Waals surface area contributed by atoms with Crippen LogP contribution in [0.2, 0.25) is 0 Å². The number of hydrogen-bond donors (Lipinski definition) is 2. The Kier molecular flexibility index (Phi) is 6.84. The number of fused-ring (bicyclic) bond motifs is 7. The summed E-state index contributed by atoms with van der Waals surface area (Å²) in [6.45, 7) is 14.4. The molecule has 0 bridgehead atoms. The number of ketones is 1. The average Bonchev–Trinajstić information content (AvgIpc) is 3.42. The normalized spacial score (nSPS) is 41.4. The molecule has 2 N–H and O–H groups in total. The number of urea groups is 1. The molecule has 4 saturated carbocycles. The van der Waals surface area contributed by atoms with Crippen LogP contribution >= 0.6 is 0 Å². The molecule has 5 aliphatic carbocycles. The van der Waals surface area contributed by atoms with Gasteiger partial charge in [-0.15, -0.1) is 0 Å². The van der Waals surface area contributed by atoms with Crippen LogP contribution in [0.25, 0.3) is 0 Å². The first-order chi connectivity index (χ1) is 19.3. The number of allylic oxidation sites excluding steroid dienone is 1. The molecule has 0 spiro atoms. The fourth-order valence-corrected chi connectivity index (χ4v) is 11.7. The maximum Gasteiger partial charge on any atom is 0.320 e. The zero-order chi connectivity index (χ0) is 29.5. The van der Waals surface area contributed by atoms with Crippen LogP contribution in [-0.2, 0) is 16.6 Å². The first-order valence-electron chi connectivity index (χ1n) is 16.1. The van der Waals surface area contributed by atoms with E-state index in [0.29, 0.717) is 47.3 Å². The maximum absolute atomic E-state index is 13.7. The van der Waals surface area contributed by atoms with Gasteiger partial charge in [0.15, 0.2) is 5.78 Å². The Morgan fingerprint density at radius 3 is 2.41 bits per heavy atom. The Morgan fingerprint density at radius 2 is 1.76 bits per heavy atom. The summed E-state index contributed by atoms with van der Waals surface area (Å²) in [4.78, 5) is 27.1. The van der Waals surface area contributed by atoms with Crippen LogP contribution in [-0.4, -0.2) is 40.3 Å². The summed E-state index contributed by atoms with van der Waals surface area (Å²) in [7, 11) is 3.74. The van der Waals surface area contributed by atoms with E-state index in [1.54, 1.807) is 17.1 Å². The molecule has 7 heteroatoms. The third kappa shape index (κ3) is 4.18. The summed E-state index contributed by atoms with van der Waals surface area (Å²) < 4.78 is 7.72. The number of methoxy groups -OCH3 is 1. The van der Waals surface area contributed by atoms with Gasteiger partial charge in [0.1, 0.15) is 0 Å². The van der Waals surface area contributed by atoms with E-state index >= 15 is 0 Å². The van der Waals surface area contributed by atoms with Gasteiger partial charge in [-0.3, -0.25) is 9.48 Å². The molecule has 8 atom stereocenters. The van der Waals surface area contributed by atoms with E-state index in [0.717, 1.165) is 31.3 Å². The summed E-state index contributed by atoms with van der Waals surface area (Å²) in [6, 6.07) is -0.239. The minimum atomic E-state index is -0.576. The minimum Gasteiger partial charge on any atom is -0.381 e. The van der Waals surface area contributed by atoms with Gasteiger partial charge in [0.25, 0.3) is 0 Å². The molecule has 0 aromatic carbocycles. The highest BCUT2D eigenvalue weighted by atomic mass is 16.5. The number of carbonyl (C=O) groups excluding carboxylic acids is 2. The predicted octanol–water partition coefficient (Wildman–Crippen LogP) is 6.90. The lowest BCUT2D eigenvalue weighted by atomic mass is 9.37. The number of nitrogens with zero attached hydrogens (tertiary/aromatic N) is 2. The van der Waals surface area contributed by atoms with Crippen molar-refractivity contribution in [1.82, 2.24) is 15.1 Å². The number of nitrogens with one attached hydrogen (secondary N) is 2. The Balaban J connectivity index is 1.33. The second kappa shape index (κ2) is 9.68. The number of hydrogen-bond acceptors (Lipinski definition) is 4. The number of ether oxygens (including phenoxy) is 1. The number of aromatic nitrogens is 2. The summed E-state index contributed by atoms with van der Waals surface area (Å²) in [5, 5.41) is 10.5. The molecule has 0 aliphatic heterocycles. The van der Waals surface area contributed by atoms with Crippen molar-refractivity contribution in [2.75, 3.05) is 12.4 Å². The Morgan fingerprint density at radius 1 is 1.02 bits per heavy atom. The topological polar surface area (TPSA) is 85.2 Å². The largest absolute Gasteiger partial charge is 0.381 e. The number of Topliss-reactive ketones (excluding diaryl/α,β-unsaturated/α-hetero) is 1. The van der Waals surface area contributed by atoms with Crippen LogP contribution in [0.4, 0.5) is 10.5 Å². The van der Waals surface area contributed by atoms with Gasteiger partial charge in [0.05, 0.1) is 23.5 Å². The van der Waals surface area contributed by atoms with Gasteiger partial charge in [-0.2, -0.15) is 5.10 Å². The SMILES string of the molecule is COC1CCC2(C)C(CCC3(C)C4CCC5(NC(=O)Nc6cnn(C)c6)CC(=O)C(C(C)C)=C5C4CCC32)C1(C)C. The molecule has 0 radical (unpaired) electrons. The van der Waals surface area contributed by atoms with Crippen LogP contribution in [0.3, 0.4) is 0 Å². The minimum absolute atomic E-state index is 0.158. The number of rotatable bonds is 4. The lowest BCUT2D eigenvalue weighted by Gasteiger charge is -2.69. The van der Waals surface area contributed by atoms with Gasteiger partial charge in [-0.1, -0.05) is 41.5 Å². The maximum atomic E-state index is 13.7. The highest BCUT2D eigenvalue weighted by Crippen LogP contribution is 2.72. The Hall–Kier alpha value is -2.15. The van der Waals surface area contributed by atoms with Crippen molar-refractivity contribution in [3.63, 3.8) is 0 Å². The Labute approximate surface area is 246 Å². The quantitative estimate of drug-likeness (QED) is 0.417. The van der Waals surface area contributed by atoms with E-state index in [-0.39, 0.29) is 28.6 Å². The molecule has 41 heavy (non-hydrogen) atoms. The highest BCUT2D eigenvalue weighted by Gasteiger charge is 2.66. The number of aryl methyl sites for hydroxylation is 1. The molecule has 5 aliphatic rings. The number of anilines is 1. The molecule has 8 unspecified atom stereocenters. The molecule has 4 fully saturated rings. The molecule has 1 heterocycles. The Bertz CT molecular complexity index is 1260. The van der Waals surface area contributed by atoms with Crippen molar-refractivity contribution in [3.05, 3.63) is 23.5 Å². The second-order valence-corrected chi connectivity index (χ2v) is 15.7. The molecular formula is C34H52N4O3. The molecule has 6 rings (SSSR count). The van der Waals surface area contributed by atoms with E-state index in [4.69, 9.17) is 4.74 Å². The standard InChI is InChI=1S/C34H52N4O3/c1-20(2)28-24(39)17-34(37-30(40)36-21-18-35-38(7)19-21)16-11-23-22(29(28)34)9-10-26-32(23,5)14-12-25-31(3,4)27(41-8)13-15-33(25,26)6/h18-20,22-23,25-27H,9-17H2,1-8H3,(H2,36,37,40). The number of amides is 2. The summed E-state index contributed by atoms with van der Waals surface area (Å²) >= 11 is 0. The second-order valence-electron chi connectivity index (χ2n) is 15.7. The van der Waals surface area contributed by atoms with Crippen molar-refractivity contribution in [3.8, 4) is 0 Å². The van der Waals surface area contributed by atoms with E-state index in [1.807, 2.05) is 14.2 Å². The molecule has 226 valence electrons. The predicted molar refractivity (Wildman–Crippen MR) is 161 cm³/mol. The number of carbonyl (C=O) groups is 2. The zero-order valence-corrected chi connectivity index (χ0v) is 26.6. The fourth-order valence-electron chi connectivity index (χ4n) is 11.7. The van der Waals surface area contributed by atoms with E-state index < -0.39 is 5.54 Å². The third-order valence-corrected chi connectivity index (χ3v) is 13.1. The molecular weight excluding hydrogens is 512 g/mol. The monoisotopic (exact) mass is 564 g/mol. The first kappa shape index (κ1) is 28.9. The van der Waals surface area contributed by atoms with Crippen LogP contribution < -0.4 is 10.6 Å². The lowest BCUT2D eigenvalue weighted by molar-refractivity contribution is -0.206. The van der Waals surface area contributed by atoms with Gasteiger partial charge in [-0.05, 0) is 108 Å². The smallest absolute Gasteiger partial charge is 0.320 e. The summed E-state index contributed by atoms with van der Waals surface area (Å²) in [5.41, 5.74) is 3.11. The fraction of sp³-hybridized carbons (Fsp3) is 0.794.